The highest BCUT2D eigenvalue weighted by Crippen LogP contribution is 2.15. The minimum atomic E-state index is -4.33. The Morgan fingerprint density at radius 2 is 1.67 bits per heavy atom. The standard InChI is InChI=1S/C11H12F5NO/c12-8-4-9(13)6-10(5-8)17-2-1-3-18-7-11(14,15)16/h4-6,17H,1-3,7H2. The van der Waals surface area contributed by atoms with E-state index < -0.39 is 24.4 Å². The van der Waals surface area contributed by atoms with Crippen molar-refractivity contribution in [2.75, 3.05) is 25.1 Å². The monoisotopic (exact) mass is 269 g/mol. The maximum atomic E-state index is 12.8. The van der Waals surface area contributed by atoms with Gasteiger partial charge in [0.05, 0.1) is 0 Å². The second kappa shape index (κ2) is 6.53. The van der Waals surface area contributed by atoms with E-state index in [0.717, 1.165) is 18.2 Å². The van der Waals surface area contributed by atoms with E-state index in [2.05, 4.69) is 10.1 Å². The van der Waals surface area contributed by atoms with E-state index in [1.807, 2.05) is 0 Å². The zero-order chi connectivity index (χ0) is 13.6. The molecule has 1 aromatic rings. The first-order valence-corrected chi connectivity index (χ1v) is 5.21. The predicted octanol–water partition coefficient (Wildman–Crippen LogP) is 3.35. The van der Waals surface area contributed by atoms with Crippen LogP contribution in [0.25, 0.3) is 0 Å². The minimum absolute atomic E-state index is 0.0791. The smallest absolute Gasteiger partial charge is 0.385 e. The first-order chi connectivity index (χ1) is 8.37. The molecule has 0 radical (unpaired) electrons. The molecule has 0 amide bonds. The van der Waals surface area contributed by atoms with Gasteiger partial charge in [0.1, 0.15) is 18.2 Å². The van der Waals surface area contributed by atoms with Gasteiger partial charge in [0.2, 0.25) is 0 Å². The van der Waals surface area contributed by atoms with E-state index in [9.17, 15) is 22.0 Å². The fourth-order valence-electron chi connectivity index (χ4n) is 1.25. The molecule has 0 heterocycles. The normalized spacial score (nSPS) is 11.6. The molecule has 7 heteroatoms. The lowest BCUT2D eigenvalue weighted by Gasteiger charge is -2.09. The zero-order valence-corrected chi connectivity index (χ0v) is 9.36. The van der Waals surface area contributed by atoms with E-state index in [1.54, 1.807) is 0 Å². The van der Waals surface area contributed by atoms with Gasteiger partial charge in [-0.25, -0.2) is 8.78 Å². The molecule has 18 heavy (non-hydrogen) atoms. The molecule has 0 unspecified atom stereocenters. The quantitative estimate of drug-likeness (QED) is 0.631. The van der Waals surface area contributed by atoms with Crippen molar-refractivity contribution in [3.05, 3.63) is 29.8 Å². The summed E-state index contributed by atoms with van der Waals surface area (Å²) in [6, 6.07) is 2.93. The number of nitrogens with one attached hydrogen (secondary N) is 1. The van der Waals surface area contributed by atoms with Gasteiger partial charge in [-0.15, -0.1) is 0 Å². The molecule has 102 valence electrons. The number of ether oxygens (including phenoxy) is 1. The van der Waals surface area contributed by atoms with E-state index >= 15 is 0 Å². The maximum Gasteiger partial charge on any atom is 0.411 e. The van der Waals surface area contributed by atoms with Crippen LogP contribution in [0, 0.1) is 11.6 Å². The molecule has 0 spiro atoms. The largest absolute Gasteiger partial charge is 0.411 e. The lowest BCUT2D eigenvalue weighted by molar-refractivity contribution is -0.173. The Morgan fingerprint density at radius 1 is 1.06 bits per heavy atom. The molecule has 1 aromatic carbocycles. The molecular weight excluding hydrogens is 257 g/mol. The molecular formula is C11H12F5NO. The van der Waals surface area contributed by atoms with Gasteiger partial charge >= 0.3 is 6.18 Å². The Labute approximate surface area is 101 Å². The van der Waals surface area contributed by atoms with Crippen LogP contribution in [0.3, 0.4) is 0 Å². The molecule has 0 aliphatic carbocycles. The van der Waals surface area contributed by atoms with Crippen molar-refractivity contribution in [3.63, 3.8) is 0 Å². The first-order valence-electron chi connectivity index (χ1n) is 5.21. The van der Waals surface area contributed by atoms with Gasteiger partial charge in [0.25, 0.3) is 0 Å². The predicted molar refractivity (Wildman–Crippen MR) is 56.3 cm³/mol. The summed E-state index contributed by atoms with van der Waals surface area (Å²) in [7, 11) is 0. The molecule has 0 aromatic heterocycles. The fraction of sp³-hybridized carbons (Fsp3) is 0.455. The second-order valence-electron chi connectivity index (χ2n) is 3.61. The van der Waals surface area contributed by atoms with Gasteiger partial charge in [-0.2, -0.15) is 13.2 Å². The molecule has 0 aliphatic rings. The molecule has 0 bridgehead atoms. The topological polar surface area (TPSA) is 21.3 Å². The summed E-state index contributed by atoms with van der Waals surface area (Å²) in [6.45, 7) is -1.10. The third kappa shape index (κ3) is 6.39. The van der Waals surface area contributed by atoms with E-state index in [0.29, 0.717) is 6.42 Å². The van der Waals surface area contributed by atoms with Gasteiger partial charge in [0.15, 0.2) is 0 Å². The summed E-state index contributed by atoms with van der Waals surface area (Å²) >= 11 is 0. The molecule has 0 aliphatic heterocycles. The van der Waals surface area contributed by atoms with Gasteiger partial charge in [-0.1, -0.05) is 0 Å². The van der Waals surface area contributed by atoms with Gasteiger partial charge in [-0.3, -0.25) is 0 Å². The Morgan fingerprint density at radius 3 is 2.22 bits per heavy atom. The van der Waals surface area contributed by atoms with Crippen molar-refractivity contribution in [2.45, 2.75) is 12.6 Å². The van der Waals surface area contributed by atoms with Crippen molar-refractivity contribution < 1.29 is 26.7 Å². The van der Waals surface area contributed by atoms with Crippen LogP contribution in [-0.2, 0) is 4.74 Å². The van der Waals surface area contributed by atoms with Crippen molar-refractivity contribution >= 4 is 5.69 Å². The molecule has 0 saturated carbocycles. The second-order valence-corrected chi connectivity index (χ2v) is 3.61. The van der Waals surface area contributed by atoms with Crippen molar-refractivity contribution in [1.82, 2.24) is 0 Å². The average Bonchev–Trinajstić information content (AvgIpc) is 2.20. The van der Waals surface area contributed by atoms with Gasteiger partial charge in [0, 0.05) is 24.9 Å². The molecule has 2 nitrogen and oxygen atoms in total. The van der Waals surface area contributed by atoms with Crippen LogP contribution in [-0.4, -0.2) is 25.9 Å². The highest BCUT2D eigenvalue weighted by molar-refractivity contribution is 5.43. The van der Waals surface area contributed by atoms with Crippen LogP contribution in [0.15, 0.2) is 18.2 Å². The summed E-state index contributed by atoms with van der Waals surface area (Å²) in [6.07, 6.45) is -4.03. The lowest BCUT2D eigenvalue weighted by Crippen LogP contribution is -2.18. The Kier molecular flexibility index (Phi) is 5.33. The summed E-state index contributed by atoms with van der Waals surface area (Å²) in [5.41, 5.74) is 0.239. The van der Waals surface area contributed by atoms with E-state index in [1.165, 1.54) is 0 Å². The zero-order valence-electron chi connectivity index (χ0n) is 9.36. The third-order valence-corrected chi connectivity index (χ3v) is 1.92. The van der Waals surface area contributed by atoms with E-state index in [4.69, 9.17) is 0 Å². The van der Waals surface area contributed by atoms with Crippen molar-refractivity contribution in [1.29, 1.82) is 0 Å². The van der Waals surface area contributed by atoms with Crippen LogP contribution in [0.5, 0.6) is 0 Å². The van der Waals surface area contributed by atoms with E-state index in [-0.39, 0.29) is 18.8 Å². The molecule has 0 fully saturated rings. The fourth-order valence-corrected chi connectivity index (χ4v) is 1.25. The minimum Gasteiger partial charge on any atom is -0.385 e. The van der Waals surface area contributed by atoms with Gasteiger partial charge < -0.3 is 10.1 Å². The van der Waals surface area contributed by atoms with Crippen molar-refractivity contribution in [3.8, 4) is 0 Å². The van der Waals surface area contributed by atoms with Crippen LogP contribution in [0.4, 0.5) is 27.6 Å². The van der Waals surface area contributed by atoms with Gasteiger partial charge in [-0.05, 0) is 18.6 Å². The van der Waals surface area contributed by atoms with Crippen LogP contribution >= 0.6 is 0 Å². The number of hydrogen-bond acceptors (Lipinski definition) is 2. The number of hydrogen-bond donors (Lipinski definition) is 1. The third-order valence-electron chi connectivity index (χ3n) is 1.92. The summed E-state index contributed by atoms with van der Waals surface area (Å²) in [4.78, 5) is 0. The summed E-state index contributed by atoms with van der Waals surface area (Å²) < 4.78 is 65.0. The Bertz CT molecular complexity index is 360. The number of alkyl halides is 3. The Balaban J connectivity index is 2.18. The molecule has 1 rings (SSSR count). The molecule has 0 saturated heterocycles. The highest BCUT2D eigenvalue weighted by atomic mass is 19.4. The number of anilines is 1. The maximum absolute atomic E-state index is 12.8. The lowest BCUT2D eigenvalue weighted by atomic mass is 10.3. The average molecular weight is 269 g/mol. The number of halogens is 5. The number of rotatable bonds is 6. The summed E-state index contributed by atoms with van der Waals surface area (Å²) in [5, 5.41) is 2.68. The van der Waals surface area contributed by atoms with Crippen LogP contribution < -0.4 is 5.32 Å². The SMILES string of the molecule is Fc1cc(F)cc(NCCCOCC(F)(F)F)c1. The summed E-state index contributed by atoms with van der Waals surface area (Å²) in [5.74, 6) is -1.43. The van der Waals surface area contributed by atoms with Crippen molar-refractivity contribution in [2.24, 2.45) is 0 Å². The number of benzene rings is 1. The first kappa shape index (κ1) is 14.7. The Hall–Kier alpha value is -1.37. The van der Waals surface area contributed by atoms with Crippen LogP contribution in [0.2, 0.25) is 0 Å². The molecule has 0 atom stereocenters. The molecule has 1 N–H and O–H groups in total. The van der Waals surface area contributed by atoms with Crippen LogP contribution in [0.1, 0.15) is 6.42 Å². The highest BCUT2D eigenvalue weighted by Gasteiger charge is 2.27.